The van der Waals surface area contributed by atoms with Crippen molar-refractivity contribution in [2.75, 3.05) is 19.5 Å². The van der Waals surface area contributed by atoms with Gasteiger partial charge in [-0.25, -0.2) is 4.99 Å². The van der Waals surface area contributed by atoms with Crippen LogP contribution in [0.25, 0.3) is 22.3 Å². The van der Waals surface area contributed by atoms with E-state index < -0.39 is 7.25 Å². The highest BCUT2D eigenvalue weighted by atomic mass is 19.5. The Balaban J connectivity index is 0.000000658. The van der Waals surface area contributed by atoms with Gasteiger partial charge in [-0.15, -0.1) is 0 Å². The third-order valence-electron chi connectivity index (χ3n) is 4.82. The number of anilines is 1. The fourth-order valence-electron chi connectivity index (χ4n) is 3.37. The summed E-state index contributed by atoms with van der Waals surface area (Å²) in [4.78, 5) is 14.7. The van der Waals surface area contributed by atoms with Gasteiger partial charge in [-0.2, -0.15) is 0 Å². The van der Waals surface area contributed by atoms with E-state index in [-0.39, 0.29) is 5.91 Å². The Labute approximate surface area is 204 Å². The number of para-hydroxylation sites is 1. The van der Waals surface area contributed by atoms with E-state index in [1.807, 2.05) is 72.8 Å². The molecule has 0 atom stereocenters. The lowest BCUT2D eigenvalue weighted by molar-refractivity contribution is -0.400. The molecular formula is C25H23BF4N2O4. The van der Waals surface area contributed by atoms with E-state index >= 15 is 0 Å². The highest BCUT2D eigenvalue weighted by molar-refractivity contribution is 6.50. The summed E-state index contributed by atoms with van der Waals surface area (Å²) in [6, 6.07) is 23.0. The van der Waals surface area contributed by atoms with Crippen LogP contribution in [0.3, 0.4) is 0 Å². The Morgan fingerprint density at radius 2 is 1.53 bits per heavy atom. The van der Waals surface area contributed by atoms with Crippen molar-refractivity contribution >= 4 is 35.5 Å². The molecule has 1 heterocycles. The molecule has 188 valence electrons. The lowest BCUT2D eigenvalue weighted by atomic mass is 10.1. The molecule has 4 rings (SSSR count). The van der Waals surface area contributed by atoms with Crippen LogP contribution in [0.4, 0.5) is 28.6 Å². The molecule has 0 spiro atoms. The first kappa shape index (κ1) is 26.3. The average molecular weight is 502 g/mol. The summed E-state index contributed by atoms with van der Waals surface area (Å²) >= 11 is 0. The zero-order valence-electron chi connectivity index (χ0n) is 19.7. The van der Waals surface area contributed by atoms with E-state index in [1.54, 1.807) is 14.2 Å². The van der Waals surface area contributed by atoms with Crippen LogP contribution >= 0.6 is 0 Å². The molecule has 0 fully saturated rings. The fraction of sp³-hybridized carbons (Fsp3) is 0.120. The van der Waals surface area contributed by atoms with Crippen molar-refractivity contribution in [3.63, 3.8) is 0 Å². The van der Waals surface area contributed by atoms with Crippen LogP contribution in [0.2, 0.25) is 0 Å². The maximum atomic E-state index is 11.2. The minimum absolute atomic E-state index is 0.101. The van der Waals surface area contributed by atoms with Crippen LogP contribution in [0, 0.1) is 0 Å². The van der Waals surface area contributed by atoms with Gasteiger partial charge >= 0.3 is 7.25 Å². The van der Waals surface area contributed by atoms with Crippen molar-refractivity contribution in [2.45, 2.75) is 6.92 Å². The van der Waals surface area contributed by atoms with Crippen molar-refractivity contribution in [1.82, 2.24) is 0 Å². The molecule has 0 aliphatic rings. The normalized spacial score (nSPS) is 11.5. The maximum Gasteiger partial charge on any atom is 0.673 e. The molecule has 1 amide bonds. The first-order valence-electron chi connectivity index (χ1n) is 10.7. The molecule has 0 aliphatic carbocycles. The molecule has 2 N–H and O–H groups in total. The number of carbonyl (C=O) groups excluding carboxylic acids is 1. The summed E-state index contributed by atoms with van der Waals surface area (Å²) in [5, 5.41) is 4.63. The number of fused-ring (bicyclic) bond motifs is 1. The Bertz CT molecular complexity index is 1410. The molecular weight excluding hydrogens is 479 g/mol. The van der Waals surface area contributed by atoms with E-state index in [2.05, 4.69) is 10.3 Å². The van der Waals surface area contributed by atoms with Crippen LogP contribution in [0.1, 0.15) is 6.92 Å². The first-order chi connectivity index (χ1) is 17.1. The molecule has 0 unspecified atom stereocenters. The molecule has 0 bridgehead atoms. The molecule has 0 aliphatic heterocycles. The SMILES string of the molecule is COc1ccc(-c2cc(=[NH+]c3ccc(NC(C)=O)cc3)c3ccccc3o2)cc1OC.F[B-](F)(F)F. The van der Waals surface area contributed by atoms with Crippen LogP contribution in [-0.2, 0) is 4.79 Å². The zero-order chi connectivity index (χ0) is 26.3. The van der Waals surface area contributed by atoms with Crippen molar-refractivity contribution in [3.8, 4) is 22.8 Å². The molecule has 6 nitrogen and oxygen atoms in total. The highest BCUT2D eigenvalue weighted by Crippen LogP contribution is 2.32. The summed E-state index contributed by atoms with van der Waals surface area (Å²) in [6.07, 6.45) is 0. The van der Waals surface area contributed by atoms with Gasteiger partial charge in [0.15, 0.2) is 11.5 Å². The van der Waals surface area contributed by atoms with Gasteiger partial charge in [0.05, 0.1) is 25.7 Å². The van der Waals surface area contributed by atoms with Gasteiger partial charge < -0.3 is 36.5 Å². The second-order valence-corrected chi connectivity index (χ2v) is 7.47. The summed E-state index contributed by atoms with van der Waals surface area (Å²) < 4.78 is 56.0. The fourth-order valence-corrected chi connectivity index (χ4v) is 3.37. The first-order valence-corrected chi connectivity index (χ1v) is 10.7. The van der Waals surface area contributed by atoms with Crippen LogP contribution in [-0.4, -0.2) is 27.4 Å². The van der Waals surface area contributed by atoms with E-state index in [0.717, 1.165) is 33.3 Å². The number of methoxy groups -OCH3 is 2. The molecule has 4 aromatic rings. The van der Waals surface area contributed by atoms with Crippen molar-refractivity contribution in [1.29, 1.82) is 0 Å². The number of rotatable bonds is 5. The lowest BCUT2D eigenvalue weighted by Gasteiger charge is -2.09. The Morgan fingerprint density at radius 3 is 2.14 bits per heavy atom. The number of nitrogens with one attached hydrogen (secondary N) is 2. The van der Waals surface area contributed by atoms with Crippen molar-refractivity contribution in [2.24, 2.45) is 0 Å². The van der Waals surface area contributed by atoms with Gasteiger partial charge in [0.1, 0.15) is 11.3 Å². The second kappa shape index (κ2) is 11.4. The number of carbonyl (C=O) groups is 1. The third kappa shape index (κ3) is 7.36. The molecule has 36 heavy (non-hydrogen) atoms. The Kier molecular flexibility index (Phi) is 8.36. The van der Waals surface area contributed by atoms with E-state index in [1.165, 1.54) is 6.92 Å². The van der Waals surface area contributed by atoms with E-state index in [9.17, 15) is 22.1 Å². The van der Waals surface area contributed by atoms with Gasteiger partial charge in [-0.1, -0.05) is 12.1 Å². The number of ether oxygens (including phenoxy) is 2. The minimum atomic E-state index is -6.00. The van der Waals surface area contributed by atoms with Crippen LogP contribution in [0.15, 0.2) is 77.2 Å². The highest BCUT2D eigenvalue weighted by Gasteiger charge is 2.20. The average Bonchev–Trinajstić information content (AvgIpc) is 2.83. The predicted octanol–water partition coefficient (Wildman–Crippen LogP) is 4.69. The van der Waals surface area contributed by atoms with Crippen LogP contribution in [0.5, 0.6) is 11.5 Å². The molecule has 0 saturated heterocycles. The lowest BCUT2D eigenvalue weighted by Crippen LogP contribution is -2.70. The summed E-state index contributed by atoms with van der Waals surface area (Å²) in [6.45, 7) is 1.49. The van der Waals surface area contributed by atoms with Crippen molar-refractivity contribution in [3.05, 3.63) is 78.2 Å². The van der Waals surface area contributed by atoms with Gasteiger partial charge in [0.25, 0.3) is 0 Å². The van der Waals surface area contributed by atoms with E-state index in [4.69, 9.17) is 13.9 Å². The number of halogens is 4. The Morgan fingerprint density at radius 1 is 0.889 bits per heavy atom. The van der Waals surface area contributed by atoms with Crippen LogP contribution < -0.4 is 25.1 Å². The standard InChI is InChI=1S/C25H22N2O4.BF4/c1-16(28)26-18-9-11-19(12-10-18)27-21-15-24(31-22-7-5-4-6-20(21)22)17-8-13-23(29-2)25(14-17)30-3;2-1(3,4)5/h4-15H,1-3H3,(H,26,28);/q;-1/p+1. The van der Waals surface area contributed by atoms with Gasteiger partial charge in [-0.05, 0) is 42.5 Å². The largest absolute Gasteiger partial charge is 0.673 e. The predicted molar refractivity (Wildman–Crippen MR) is 129 cm³/mol. The third-order valence-corrected chi connectivity index (χ3v) is 4.82. The van der Waals surface area contributed by atoms with Gasteiger partial charge in [-0.3, -0.25) is 4.79 Å². The second-order valence-electron chi connectivity index (χ2n) is 7.47. The number of amides is 1. The number of hydrogen-bond acceptors (Lipinski definition) is 4. The van der Waals surface area contributed by atoms with Gasteiger partial charge in [0, 0.05) is 30.3 Å². The quantitative estimate of drug-likeness (QED) is 0.307. The smallest absolute Gasteiger partial charge is 0.493 e. The summed E-state index contributed by atoms with van der Waals surface area (Å²) in [5.41, 5.74) is 3.26. The summed E-state index contributed by atoms with van der Waals surface area (Å²) in [7, 11) is -2.78. The molecule has 3 aromatic carbocycles. The molecule has 0 radical (unpaired) electrons. The molecule has 1 aromatic heterocycles. The number of benzene rings is 3. The van der Waals surface area contributed by atoms with Gasteiger partial charge in [0.2, 0.25) is 17.0 Å². The Hall–Kier alpha value is -4.28. The van der Waals surface area contributed by atoms with Crippen molar-refractivity contribution < 1.29 is 40.9 Å². The zero-order valence-corrected chi connectivity index (χ0v) is 19.7. The maximum absolute atomic E-state index is 11.2. The minimum Gasteiger partial charge on any atom is -0.493 e. The topological polar surface area (TPSA) is 74.7 Å². The van der Waals surface area contributed by atoms with E-state index in [0.29, 0.717) is 17.3 Å². The summed E-state index contributed by atoms with van der Waals surface area (Å²) in [5.74, 6) is 1.88. The number of hydrogen-bond donors (Lipinski definition) is 2. The molecule has 11 heteroatoms. The molecule has 0 saturated carbocycles. The monoisotopic (exact) mass is 502 g/mol.